The first-order valence-corrected chi connectivity index (χ1v) is 5.29. The first kappa shape index (κ1) is 10.5. The molecule has 0 bridgehead atoms. The SMILES string of the molecule is CCNc1nccc(-c2cnccc2C)n1. The lowest BCUT2D eigenvalue weighted by atomic mass is 10.1. The van der Waals surface area contributed by atoms with E-state index < -0.39 is 0 Å². The van der Waals surface area contributed by atoms with Crippen LogP contribution in [0, 0.1) is 6.92 Å². The van der Waals surface area contributed by atoms with Crippen LogP contribution in [-0.4, -0.2) is 21.5 Å². The molecule has 0 saturated heterocycles. The molecule has 2 rings (SSSR count). The minimum atomic E-state index is 0.656. The second-order valence-electron chi connectivity index (χ2n) is 3.49. The van der Waals surface area contributed by atoms with E-state index in [4.69, 9.17) is 0 Å². The standard InChI is InChI=1S/C12H14N4/c1-3-14-12-15-7-5-11(16-12)10-8-13-6-4-9(10)2/h4-8H,3H2,1-2H3,(H,14,15,16). The number of aryl methyl sites for hydroxylation is 1. The molecule has 0 aromatic carbocycles. The zero-order valence-corrected chi connectivity index (χ0v) is 9.44. The third kappa shape index (κ3) is 2.16. The van der Waals surface area contributed by atoms with Crippen molar-refractivity contribution in [2.45, 2.75) is 13.8 Å². The summed E-state index contributed by atoms with van der Waals surface area (Å²) in [6.07, 6.45) is 5.37. The van der Waals surface area contributed by atoms with E-state index in [1.807, 2.05) is 32.2 Å². The van der Waals surface area contributed by atoms with Gasteiger partial charge in [-0.1, -0.05) is 0 Å². The van der Waals surface area contributed by atoms with E-state index in [1.165, 1.54) is 0 Å². The Kier molecular flexibility index (Phi) is 3.10. The molecule has 2 aromatic heterocycles. The number of nitrogens with one attached hydrogen (secondary N) is 1. The van der Waals surface area contributed by atoms with Crippen molar-refractivity contribution in [1.29, 1.82) is 0 Å². The van der Waals surface area contributed by atoms with Gasteiger partial charge in [0, 0.05) is 30.7 Å². The van der Waals surface area contributed by atoms with E-state index >= 15 is 0 Å². The number of aromatic nitrogens is 3. The first-order chi connectivity index (χ1) is 7.81. The van der Waals surface area contributed by atoms with Crippen molar-refractivity contribution in [3.8, 4) is 11.3 Å². The molecular formula is C12H14N4. The summed E-state index contributed by atoms with van der Waals surface area (Å²) in [6.45, 7) is 4.88. The highest BCUT2D eigenvalue weighted by molar-refractivity contribution is 5.62. The second kappa shape index (κ2) is 4.70. The average Bonchev–Trinajstić information content (AvgIpc) is 2.30. The zero-order chi connectivity index (χ0) is 11.4. The molecule has 82 valence electrons. The van der Waals surface area contributed by atoms with Gasteiger partial charge in [0.25, 0.3) is 0 Å². The second-order valence-corrected chi connectivity index (χ2v) is 3.49. The van der Waals surface area contributed by atoms with Crippen LogP contribution in [0.25, 0.3) is 11.3 Å². The highest BCUT2D eigenvalue weighted by Gasteiger charge is 2.04. The van der Waals surface area contributed by atoms with E-state index in [1.54, 1.807) is 12.4 Å². The van der Waals surface area contributed by atoms with Crippen molar-refractivity contribution in [3.63, 3.8) is 0 Å². The largest absolute Gasteiger partial charge is 0.354 e. The van der Waals surface area contributed by atoms with Crippen molar-refractivity contribution < 1.29 is 0 Å². The molecule has 2 aromatic rings. The van der Waals surface area contributed by atoms with Crippen LogP contribution in [0.3, 0.4) is 0 Å². The fourth-order valence-electron chi connectivity index (χ4n) is 1.48. The summed E-state index contributed by atoms with van der Waals surface area (Å²) in [4.78, 5) is 12.7. The average molecular weight is 214 g/mol. The Morgan fingerprint density at radius 1 is 1.25 bits per heavy atom. The lowest BCUT2D eigenvalue weighted by molar-refractivity contribution is 1.08. The van der Waals surface area contributed by atoms with E-state index in [2.05, 4.69) is 20.3 Å². The van der Waals surface area contributed by atoms with Gasteiger partial charge in [-0.25, -0.2) is 9.97 Å². The number of anilines is 1. The van der Waals surface area contributed by atoms with Crippen LogP contribution in [-0.2, 0) is 0 Å². The maximum absolute atomic E-state index is 4.43. The Bertz CT molecular complexity index is 482. The van der Waals surface area contributed by atoms with Gasteiger partial charge in [-0.3, -0.25) is 4.98 Å². The molecule has 1 N–H and O–H groups in total. The van der Waals surface area contributed by atoms with Crippen LogP contribution in [0.5, 0.6) is 0 Å². The van der Waals surface area contributed by atoms with Gasteiger partial charge in [-0.05, 0) is 31.5 Å². The van der Waals surface area contributed by atoms with E-state index in [-0.39, 0.29) is 0 Å². The van der Waals surface area contributed by atoms with Crippen molar-refractivity contribution in [2.75, 3.05) is 11.9 Å². The normalized spacial score (nSPS) is 10.1. The van der Waals surface area contributed by atoms with Gasteiger partial charge < -0.3 is 5.32 Å². The van der Waals surface area contributed by atoms with Crippen LogP contribution < -0.4 is 5.32 Å². The van der Waals surface area contributed by atoms with Gasteiger partial charge in [0.15, 0.2) is 0 Å². The number of pyridine rings is 1. The van der Waals surface area contributed by atoms with E-state index in [0.717, 1.165) is 23.4 Å². The molecule has 16 heavy (non-hydrogen) atoms. The Morgan fingerprint density at radius 2 is 2.12 bits per heavy atom. The van der Waals surface area contributed by atoms with Gasteiger partial charge in [0.1, 0.15) is 0 Å². The Labute approximate surface area is 94.8 Å². The third-order valence-electron chi connectivity index (χ3n) is 2.31. The predicted molar refractivity (Wildman–Crippen MR) is 64.2 cm³/mol. The van der Waals surface area contributed by atoms with Crippen molar-refractivity contribution in [1.82, 2.24) is 15.0 Å². The monoisotopic (exact) mass is 214 g/mol. The number of hydrogen-bond acceptors (Lipinski definition) is 4. The van der Waals surface area contributed by atoms with Crippen LogP contribution in [0.15, 0.2) is 30.7 Å². The fraction of sp³-hybridized carbons (Fsp3) is 0.250. The number of hydrogen-bond donors (Lipinski definition) is 1. The van der Waals surface area contributed by atoms with E-state index in [0.29, 0.717) is 5.95 Å². The summed E-state index contributed by atoms with van der Waals surface area (Å²) in [6, 6.07) is 3.87. The molecule has 0 atom stereocenters. The number of rotatable bonds is 3. The summed E-state index contributed by atoms with van der Waals surface area (Å²) in [5.74, 6) is 0.656. The summed E-state index contributed by atoms with van der Waals surface area (Å²) in [5.41, 5.74) is 3.11. The van der Waals surface area contributed by atoms with Crippen LogP contribution >= 0.6 is 0 Å². The Hall–Kier alpha value is -1.97. The lowest BCUT2D eigenvalue weighted by Crippen LogP contribution is -2.02. The molecule has 0 radical (unpaired) electrons. The van der Waals surface area contributed by atoms with Crippen LogP contribution in [0.1, 0.15) is 12.5 Å². The minimum absolute atomic E-state index is 0.656. The lowest BCUT2D eigenvalue weighted by Gasteiger charge is -2.06. The maximum Gasteiger partial charge on any atom is 0.223 e. The highest BCUT2D eigenvalue weighted by atomic mass is 15.1. The van der Waals surface area contributed by atoms with Gasteiger partial charge in [0.05, 0.1) is 5.69 Å². The minimum Gasteiger partial charge on any atom is -0.354 e. The molecule has 0 fully saturated rings. The first-order valence-electron chi connectivity index (χ1n) is 5.29. The summed E-state index contributed by atoms with van der Waals surface area (Å²) < 4.78 is 0. The van der Waals surface area contributed by atoms with E-state index in [9.17, 15) is 0 Å². The van der Waals surface area contributed by atoms with Crippen LogP contribution in [0.2, 0.25) is 0 Å². The van der Waals surface area contributed by atoms with Crippen LogP contribution in [0.4, 0.5) is 5.95 Å². The van der Waals surface area contributed by atoms with Gasteiger partial charge in [-0.2, -0.15) is 0 Å². The number of nitrogens with zero attached hydrogens (tertiary/aromatic N) is 3. The molecule has 0 spiro atoms. The predicted octanol–water partition coefficient (Wildman–Crippen LogP) is 2.28. The molecule has 0 saturated carbocycles. The Morgan fingerprint density at radius 3 is 2.88 bits per heavy atom. The maximum atomic E-state index is 4.43. The fourth-order valence-corrected chi connectivity index (χ4v) is 1.48. The summed E-state index contributed by atoms with van der Waals surface area (Å²) >= 11 is 0. The molecule has 0 amide bonds. The molecule has 0 aliphatic carbocycles. The van der Waals surface area contributed by atoms with Crippen molar-refractivity contribution in [2.24, 2.45) is 0 Å². The summed E-state index contributed by atoms with van der Waals surface area (Å²) in [7, 11) is 0. The quantitative estimate of drug-likeness (QED) is 0.851. The molecule has 0 unspecified atom stereocenters. The smallest absolute Gasteiger partial charge is 0.223 e. The molecule has 2 heterocycles. The molecule has 4 nitrogen and oxygen atoms in total. The molecule has 0 aliphatic heterocycles. The topological polar surface area (TPSA) is 50.7 Å². The summed E-state index contributed by atoms with van der Waals surface area (Å²) in [5, 5.41) is 3.09. The Balaban J connectivity index is 2.40. The molecule has 0 aliphatic rings. The van der Waals surface area contributed by atoms with Crippen molar-refractivity contribution in [3.05, 3.63) is 36.3 Å². The third-order valence-corrected chi connectivity index (χ3v) is 2.31. The van der Waals surface area contributed by atoms with Gasteiger partial charge in [-0.15, -0.1) is 0 Å². The molecular weight excluding hydrogens is 200 g/mol. The van der Waals surface area contributed by atoms with Gasteiger partial charge >= 0.3 is 0 Å². The van der Waals surface area contributed by atoms with Gasteiger partial charge in [0.2, 0.25) is 5.95 Å². The van der Waals surface area contributed by atoms with Crippen molar-refractivity contribution >= 4 is 5.95 Å². The molecule has 4 heteroatoms. The zero-order valence-electron chi connectivity index (χ0n) is 9.44. The highest BCUT2D eigenvalue weighted by Crippen LogP contribution is 2.20.